The van der Waals surface area contributed by atoms with E-state index in [2.05, 4.69) is 28.3 Å². The zero-order valence-electron chi connectivity index (χ0n) is 32.2. The minimum absolute atomic E-state index is 0.0204. The SMILES string of the molecule is CCCCCCCCCCCCCCCCC=Cc1cccc(N(c2[nH]n(-c3c(Cl)cc(Cl)cc3Cl)c(=O)c2N=Nc2ccc(O)cc2)N2C(=O)CC(Cl)C2=O)c1. The Morgan fingerprint density at radius 1 is 0.807 bits per heavy atom. The number of azo groups is 1. The van der Waals surface area contributed by atoms with Gasteiger partial charge in [0.25, 0.3) is 11.8 Å². The van der Waals surface area contributed by atoms with E-state index in [1.165, 1.54) is 125 Å². The second-order valence-electron chi connectivity index (χ2n) is 14.3. The number of hydrazine groups is 1. The first-order chi connectivity index (χ1) is 27.6. The number of phenolic OH excluding ortho intramolecular Hbond substituents is 1. The number of halogens is 4. The van der Waals surface area contributed by atoms with E-state index in [9.17, 15) is 19.5 Å². The van der Waals surface area contributed by atoms with Crippen LogP contribution < -0.4 is 10.6 Å². The molecule has 0 saturated carbocycles. The average Bonchev–Trinajstić information content (AvgIpc) is 3.63. The molecule has 1 unspecified atom stereocenters. The fourth-order valence-electron chi connectivity index (χ4n) is 6.76. The molecule has 3 aromatic carbocycles. The lowest BCUT2D eigenvalue weighted by Crippen LogP contribution is -2.44. The zero-order chi connectivity index (χ0) is 40.7. The van der Waals surface area contributed by atoms with Crippen molar-refractivity contribution in [2.24, 2.45) is 10.2 Å². The van der Waals surface area contributed by atoms with Gasteiger partial charge in [0.15, 0.2) is 11.5 Å². The number of anilines is 2. The van der Waals surface area contributed by atoms with Crippen LogP contribution in [0.4, 0.5) is 22.9 Å². The van der Waals surface area contributed by atoms with E-state index < -0.39 is 22.8 Å². The molecule has 4 aromatic rings. The quantitative estimate of drug-likeness (QED) is 0.0353. The number of hydrogen-bond donors (Lipinski definition) is 2. The maximum atomic E-state index is 14.2. The number of H-pyrrole nitrogens is 1. The highest BCUT2D eigenvalue weighted by Gasteiger charge is 2.43. The van der Waals surface area contributed by atoms with Crippen LogP contribution in [0.2, 0.25) is 15.1 Å². The Morgan fingerprint density at radius 2 is 1.40 bits per heavy atom. The normalized spacial score (nSPS) is 14.5. The molecule has 0 bridgehead atoms. The molecule has 304 valence electrons. The number of phenols is 1. The molecule has 1 atom stereocenters. The molecule has 2 N–H and O–H groups in total. The molecule has 0 radical (unpaired) electrons. The van der Waals surface area contributed by atoms with E-state index in [0.29, 0.717) is 11.4 Å². The van der Waals surface area contributed by atoms with E-state index in [-0.39, 0.29) is 44.4 Å². The van der Waals surface area contributed by atoms with Crippen LogP contribution >= 0.6 is 46.4 Å². The number of alkyl halides is 1. The summed E-state index contributed by atoms with van der Waals surface area (Å²) in [5, 5.41) is 22.7. The van der Waals surface area contributed by atoms with Gasteiger partial charge in [-0.1, -0.05) is 149 Å². The van der Waals surface area contributed by atoms with Crippen molar-refractivity contribution in [1.82, 2.24) is 14.8 Å². The van der Waals surface area contributed by atoms with Crippen molar-refractivity contribution in [1.29, 1.82) is 0 Å². The van der Waals surface area contributed by atoms with Crippen LogP contribution in [-0.2, 0) is 9.59 Å². The topological polar surface area (TPSA) is 123 Å². The molecule has 57 heavy (non-hydrogen) atoms. The Balaban J connectivity index is 1.35. The molecule has 1 aromatic heterocycles. The van der Waals surface area contributed by atoms with Crippen LogP contribution in [0.25, 0.3) is 11.8 Å². The molecule has 1 aliphatic rings. The second-order valence-corrected chi connectivity index (χ2v) is 16.1. The number of unbranched alkanes of at least 4 members (excludes halogenated alkanes) is 14. The minimum Gasteiger partial charge on any atom is -0.508 e. The Kier molecular flexibility index (Phi) is 17.1. The van der Waals surface area contributed by atoms with Crippen LogP contribution in [0, 0.1) is 0 Å². The summed E-state index contributed by atoms with van der Waals surface area (Å²) in [5.41, 5.74) is 0.539. The Bertz CT molecular complexity index is 2060. The Labute approximate surface area is 354 Å². The summed E-state index contributed by atoms with van der Waals surface area (Å²) in [6, 6.07) is 15.9. The van der Waals surface area contributed by atoms with E-state index in [4.69, 9.17) is 46.4 Å². The second kappa shape index (κ2) is 22.2. The van der Waals surface area contributed by atoms with Crippen molar-refractivity contribution in [2.45, 2.75) is 115 Å². The lowest BCUT2D eigenvalue weighted by molar-refractivity contribution is -0.138. The summed E-state index contributed by atoms with van der Waals surface area (Å²) >= 11 is 25.6. The summed E-state index contributed by atoms with van der Waals surface area (Å²) in [6.45, 7) is 2.26. The lowest BCUT2D eigenvalue weighted by atomic mass is 10.0. The number of imide groups is 1. The molecule has 0 aliphatic carbocycles. The first-order valence-corrected chi connectivity index (χ1v) is 21.4. The molecule has 1 aliphatic heterocycles. The highest BCUT2D eigenvalue weighted by molar-refractivity contribution is 6.40. The van der Waals surface area contributed by atoms with Crippen molar-refractivity contribution < 1.29 is 14.7 Å². The van der Waals surface area contributed by atoms with Gasteiger partial charge >= 0.3 is 5.56 Å². The smallest absolute Gasteiger partial charge is 0.301 e. The van der Waals surface area contributed by atoms with E-state index >= 15 is 0 Å². The highest BCUT2D eigenvalue weighted by atomic mass is 35.5. The number of nitrogens with zero attached hydrogens (tertiary/aromatic N) is 5. The molecule has 0 spiro atoms. The van der Waals surface area contributed by atoms with Gasteiger partial charge < -0.3 is 5.11 Å². The first kappa shape index (κ1) is 44.0. The first-order valence-electron chi connectivity index (χ1n) is 19.9. The van der Waals surface area contributed by atoms with Crippen LogP contribution in [-0.4, -0.2) is 37.1 Å². The molecule has 1 saturated heterocycles. The summed E-state index contributed by atoms with van der Waals surface area (Å²) in [4.78, 5) is 41.2. The summed E-state index contributed by atoms with van der Waals surface area (Å²) in [5.74, 6) is -1.33. The number of carbonyl (C=O) groups excluding carboxylic acids is 2. The van der Waals surface area contributed by atoms with Crippen molar-refractivity contribution in [3.8, 4) is 11.4 Å². The van der Waals surface area contributed by atoms with E-state index in [0.717, 1.165) is 28.1 Å². The number of aromatic hydroxyl groups is 1. The number of amides is 2. The van der Waals surface area contributed by atoms with Crippen molar-refractivity contribution in [3.05, 3.63) is 97.7 Å². The third-order valence-electron chi connectivity index (χ3n) is 9.80. The van der Waals surface area contributed by atoms with Gasteiger partial charge in [0, 0.05) is 5.02 Å². The van der Waals surface area contributed by atoms with Gasteiger partial charge in [-0.15, -0.1) is 16.7 Å². The van der Waals surface area contributed by atoms with Gasteiger partial charge in [-0.05, 0) is 66.9 Å². The standard InChI is InChI=1S/C43H50Cl4N6O4/c1-2-3-4-5-6-7-8-9-10-11-12-13-14-15-16-17-19-30-20-18-21-33(26-30)52(53-38(55)29-37(47)42(53)56)41-39(49-48-32-22-24-34(54)25-23-32)43(57)51(50-41)40-35(45)27-31(44)28-36(40)46/h17-28,37,50,54H,2-16,29H2,1H3. The van der Waals surface area contributed by atoms with Crippen LogP contribution in [0.15, 0.2) is 81.8 Å². The van der Waals surface area contributed by atoms with Crippen LogP contribution in [0.1, 0.15) is 115 Å². The van der Waals surface area contributed by atoms with Gasteiger partial charge in [0.2, 0.25) is 0 Å². The van der Waals surface area contributed by atoms with Gasteiger partial charge in [0.05, 0.1) is 27.8 Å². The third kappa shape index (κ3) is 12.2. The van der Waals surface area contributed by atoms with Gasteiger partial charge in [-0.3, -0.25) is 19.5 Å². The van der Waals surface area contributed by atoms with Crippen LogP contribution in [0.3, 0.4) is 0 Å². The number of hydrogen-bond acceptors (Lipinski definition) is 7. The number of allylic oxidation sites excluding steroid dienone is 1. The number of aromatic nitrogens is 2. The molecule has 10 nitrogen and oxygen atoms in total. The highest BCUT2D eigenvalue weighted by Crippen LogP contribution is 2.39. The van der Waals surface area contributed by atoms with Crippen molar-refractivity contribution in [3.63, 3.8) is 0 Å². The molecule has 2 heterocycles. The molecular formula is C43H50Cl4N6O4. The summed E-state index contributed by atoms with van der Waals surface area (Å²) in [6.07, 6.45) is 23.0. The fraction of sp³-hybridized carbons (Fsp3) is 0.419. The maximum absolute atomic E-state index is 14.2. The third-order valence-corrected chi connectivity index (χ3v) is 10.9. The fourth-order valence-corrected chi connectivity index (χ4v) is 7.97. The number of rotatable bonds is 22. The minimum atomic E-state index is -1.12. The number of nitrogens with one attached hydrogen (secondary N) is 1. The van der Waals surface area contributed by atoms with Crippen molar-refractivity contribution in [2.75, 3.05) is 5.01 Å². The van der Waals surface area contributed by atoms with Crippen LogP contribution in [0.5, 0.6) is 5.75 Å². The maximum Gasteiger partial charge on any atom is 0.301 e. The number of carbonyl (C=O) groups is 2. The Morgan fingerprint density at radius 3 is 1.98 bits per heavy atom. The molecule has 2 amide bonds. The van der Waals surface area contributed by atoms with E-state index in [1.54, 1.807) is 18.2 Å². The van der Waals surface area contributed by atoms with Gasteiger partial charge in [-0.25, -0.2) is 9.69 Å². The molecule has 1 fully saturated rings. The van der Waals surface area contributed by atoms with Gasteiger partial charge in [0.1, 0.15) is 16.8 Å². The number of benzene rings is 3. The van der Waals surface area contributed by atoms with E-state index in [1.807, 2.05) is 12.1 Å². The molecular weight excluding hydrogens is 806 g/mol. The summed E-state index contributed by atoms with van der Waals surface area (Å²) in [7, 11) is 0. The monoisotopic (exact) mass is 854 g/mol. The predicted molar refractivity (Wildman–Crippen MR) is 232 cm³/mol. The van der Waals surface area contributed by atoms with Crippen molar-refractivity contribution >= 4 is 87.2 Å². The number of aromatic amines is 1. The summed E-state index contributed by atoms with van der Waals surface area (Å²) < 4.78 is 1.05. The zero-order valence-corrected chi connectivity index (χ0v) is 35.3. The largest absolute Gasteiger partial charge is 0.508 e. The Hall–Kier alpha value is -4.09. The molecule has 14 heteroatoms. The lowest BCUT2D eigenvalue weighted by Gasteiger charge is -2.31. The molecule has 5 rings (SSSR count). The van der Waals surface area contributed by atoms with Gasteiger partial charge in [-0.2, -0.15) is 10.1 Å². The average molecular weight is 857 g/mol. The predicted octanol–water partition coefficient (Wildman–Crippen LogP) is 13.6.